The maximum atomic E-state index is 8.88. The molecule has 3 nitrogen and oxygen atoms in total. The lowest BCUT2D eigenvalue weighted by atomic mass is 10.1. The van der Waals surface area contributed by atoms with E-state index in [-0.39, 0.29) is 6.61 Å². The first kappa shape index (κ1) is 11.0. The number of para-hydroxylation sites is 1. The zero-order valence-electron chi connectivity index (χ0n) is 9.73. The van der Waals surface area contributed by atoms with Gasteiger partial charge in [0.2, 0.25) is 0 Å². The van der Waals surface area contributed by atoms with Crippen LogP contribution >= 0.6 is 0 Å². The summed E-state index contributed by atoms with van der Waals surface area (Å²) >= 11 is 0. The van der Waals surface area contributed by atoms with Crippen LogP contribution in [-0.4, -0.2) is 23.4 Å². The first-order valence-electron chi connectivity index (χ1n) is 5.49. The van der Waals surface area contributed by atoms with Crippen molar-refractivity contribution in [2.24, 2.45) is 7.05 Å². The first-order valence-corrected chi connectivity index (χ1v) is 5.49. The molecule has 1 heterocycles. The van der Waals surface area contributed by atoms with Crippen molar-refractivity contribution in [2.45, 2.75) is 12.8 Å². The Hall–Kier alpha value is -1.48. The lowest BCUT2D eigenvalue weighted by Gasteiger charge is -2.04. The fourth-order valence-corrected chi connectivity index (χ4v) is 2.15. The van der Waals surface area contributed by atoms with Gasteiger partial charge in [-0.15, -0.1) is 0 Å². The molecule has 0 radical (unpaired) electrons. The second kappa shape index (κ2) is 4.58. The molecule has 0 spiro atoms. The summed E-state index contributed by atoms with van der Waals surface area (Å²) in [5.41, 5.74) is 2.39. The smallest absolute Gasteiger partial charge is 0.143 e. The lowest BCUT2D eigenvalue weighted by molar-refractivity contribution is 0.288. The average molecular weight is 219 g/mol. The van der Waals surface area contributed by atoms with Crippen LogP contribution in [0.5, 0.6) is 5.75 Å². The third kappa shape index (κ3) is 1.78. The van der Waals surface area contributed by atoms with Gasteiger partial charge in [-0.3, -0.25) is 0 Å². The van der Waals surface area contributed by atoms with E-state index in [1.54, 1.807) is 7.11 Å². The Kier molecular flexibility index (Phi) is 3.15. The van der Waals surface area contributed by atoms with E-state index in [0.717, 1.165) is 24.1 Å². The highest BCUT2D eigenvalue weighted by molar-refractivity contribution is 5.89. The van der Waals surface area contributed by atoms with Crippen molar-refractivity contribution >= 4 is 10.9 Å². The van der Waals surface area contributed by atoms with Gasteiger partial charge in [0.25, 0.3) is 0 Å². The molecule has 1 N–H and O–H groups in total. The Morgan fingerprint density at radius 2 is 2.19 bits per heavy atom. The molecular weight excluding hydrogens is 202 g/mol. The van der Waals surface area contributed by atoms with Crippen molar-refractivity contribution in [1.29, 1.82) is 0 Å². The van der Waals surface area contributed by atoms with Crippen molar-refractivity contribution in [2.75, 3.05) is 13.7 Å². The fourth-order valence-electron chi connectivity index (χ4n) is 2.15. The van der Waals surface area contributed by atoms with Crippen molar-refractivity contribution < 1.29 is 9.84 Å². The second-order valence-corrected chi connectivity index (χ2v) is 3.95. The SMILES string of the molecule is COc1cccc2c(CCCO)cn(C)c12. The van der Waals surface area contributed by atoms with E-state index >= 15 is 0 Å². The summed E-state index contributed by atoms with van der Waals surface area (Å²) in [6, 6.07) is 6.08. The summed E-state index contributed by atoms with van der Waals surface area (Å²) in [5, 5.41) is 10.1. The van der Waals surface area contributed by atoms with E-state index in [1.165, 1.54) is 10.9 Å². The molecule has 0 aliphatic carbocycles. The lowest BCUT2D eigenvalue weighted by Crippen LogP contribution is -1.89. The predicted molar refractivity (Wildman–Crippen MR) is 64.9 cm³/mol. The topological polar surface area (TPSA) is 34.4 Å². The van der Waals surface area contributed by atoms with E-state index in [0.29, 0.717) is 0 Å². The van der Waals surface area contributed by atoms with E-state index in [9.17, 15) is 0 Å². The Morgan fingerprint density at radius 3 is 2.88 bits per heavy atom. The molecule has 2 rings (SSSR count). The predicted octanol–water partition coefficient (Wildman–Crippen LogP) is 2.11. The van der Waals surface area contributed by atoms with Crippen LogP contribution in [0.2, 0.25) is 0 Å². The molecule has 0 saturated heterocycles. The fraction of sp³-hybridized carbons (Fsp3) is 0.385. The minimum absolute atomic E-state index is 0.236. The van der Waals surface area contributed by atoms with Crippen LogP contribution < -0.4 is 4.74 Å². The molecule has 0 amide bonds. The van der Waals surface area contributed by atoms with Crippen LogP contribution in [0.1, 0.15) is 12.0 Å². The maximum Gasteiger partial charge on any atom is 0.143 e. The van der Waals surface area contributed by atoms with Gasteiger partial charge in [-0.1, -0.05) is 12.1 Å². The molecule has 16 heavy (non-hydrogen) atoms. The Bertz CT molecular complexity index is 488. The molecule has 0 saturated carbocycles. The molecular formula is C13H17NO2. The number of aryl methyl sites for hydroxylation is 2. The molecule has 3 heteroatoms. The Labute approximate surface area is 95.3 Å². The zero-order chi connectivity index (χ0) is 11.5. The first-order chi connectivity index (χ1) is 7.77. The summed E-state index contributed by atoms with van der Waals surface area (Å²) in [7, 11) is 3.71. The number of rotatable bonds is 4. The summed E-state index contributed by atoms with van der Waals surface area (Å²) < 4.78 is 7.44. The monoisotopic (exact) mass is 219 g/mol. The third-order valence-electron chi connectivity index (χ3n) is 2.87. The van der Waals surface area contributed by atoms with Gasteiger partial charge in [-0.2, -0.15) is 0 Å². The van der Waals surface area contributed by atoms with E-state index < -0.39 is 0 Å². The molecule has 86 valence electrons. The minimum atomic E-state index is 0.236. The van der Waals surface area contributed by atoms with Gasteiger partial charge in [0, 0.05) is 25.2 Å². The molecule has 1 aromatic carbocycles. The number of hydrogen-bond donors (Lipinski definition) is 1. The van der Waals surface area contributed by atoms with Crippen LogP contribution in [0.3, 0.4) is 0 Å². The number of hydrogen-bond acceptors (Lipinski definition) is 2. The molecule has 0 atom stereocenters. The van der Waals surface area contributed by atoms with Crippen LogP contribution in [0, 0.1) is 0 Å². The number of nitrogens with zero attached hydrogens (tertiary/aromatic N) is 1. The molecule has 1 aromatic heterocycles. The van der Waals surface area contributed by atoms with Gasteiger partial charge in [0.05, 0.1) is 12.6 Å². The Morgan fingerprint density at radius 1 is 1.38 bits per heavy atom. The van der Waals surface area contributed by atoms with Gasteiger partial charge < -0.3 is 14.4 Å². The largest absolute Gasteiger partial charge is 0.495 e. The number of aromatic nitrogens is 1. The van der Waals surface area contributed by atoms with Gasteiger partial charge >= 0.3 is 0 Å². The van der Waals surface area contributed by atoms with Crippen LogP contribution in [0.15, 0.2) is 24.4 Å². The number of methoxy groups -OCH3 is 1. The zero-order valence-corrected chi connectivity index (χ0v) is 9.73. The number of benzene rings is 1. The molecule has 0 unspecified atom stereocenters. The standard InChI is InChI=1S/C13H17NO2/c1-14-9-10(5-4-8-15)11-6-3-7-12(16-2)13(11)14/h3,6-7,9,15H,4-5,8H2,1-2H3. The number of fused-ring (bicyclic) bond motifs is 1. The van der Waals surface area contributed by atoms with Crippen molar-refractivity contribution in [3.8, 4) is 5.75 Å². The van der Waals surface area contributed by atoms with Crippen molar-refractivity contribution in [1.82, 2.24) is 4.57 Å². The molecule has 0 aliphatic heterocycles. The summed E-state index contributed by atoms with van der Waals surface area (Å²) in [6.45, 7) is 0.236. The molecule has 2 aromatic rings. The highest BCUT2D eigenvalue weighted by atomic mass is 16.5. The van der Waals surface area contributed by atoms with E-state index in [2.05, 4.69) is 16.8 Å². The van der Waals surface area contributed by atoms with Gasteiger partial charge in [0.1, 0.15) is 5.75 Å². The van der Waals surface area contributed by atoms with E-state index in [4.69, 9.17) is 9.84 Å². The summed E-state index contributed by atoms with van der Waals surface area (Å²) in [5.74, 6) is 0.898. The Balaban J connectivity index is 2.53. The van der Waals surface area contributed by atoms with Crippen molar-refractivity contribution in [3.63, 3.8) is 0 Å². The minimum Gasteiger partial charge on any atom is -0.495 e. The van der Waals surface area contributed by atoms with Gasteiger partial charge in [-0.25, -0.2) is 0 Å². The van der Waals surface area contributed by atoms with E-state index in [1.807, 2.05) is 19.2 Å². The molecule has 0 aliphatic rings. The highest BCUT2D eigenvalue weighted by Crippen LogP contribution is 2.29. The molecule has 0 bridgehead atoms. The normalized spacial score (nSPS) is 10.9. The van der Waals surface area contributed by atoms with Crippen LogP contribution in [0.4, 0.5) is 0 Å². The van der Waals surface area contributed by atoms with Crippen LogP contribution in [0.25, 0.3) is 10.9 Å². The average Bonchev–Trinajstić information content (AvgIpc) is 2.64. The quantitative estimate of drug-likeness (QED) is 0.854. The third-order valence-corrected chi connectivity index (χ3v) is 2.87. The van der Waals surface area contributed by atoms with Crippen molar-refractivity contribution in [3.05, 3.63) is 30.0 Å². The van der Waals surface area contributed by atoms with Crippen LogP contribution in [-0.2, 0) is 13.5 Å². The summed E-state index contributed by atoms with van der Waals surface area (Å²) in [4.78, 5) is 0. The molecule has 0 fully saturated rings. The maximum absolute atomic E-state index is 8.88. The van der Waals surface area contributed by atoms with Gasteiger partial charge in [0.15, 0.2) is 0 Å². The van der Waals surface area contributed by atoms with Gasteiger partial charge in [-0.05, 0) is 24.5 Å². The number of aliphatic hydroxyl groups is 1. The number of aliphatic hydroxyl groups excluding tert-OH is 1. The number of ether oxygens (including phenoxy) is 1. The summed E-state index contributed by atoms with van der Waals surface area (Å²) in [6.07, 6.45) is 3.82. The highest BCUT2D eigenvalue weighted by Gasteiger charge is 2.09. The second-order valence-electron chi connectivity index (χ2n) is 3.95.